The molecule has 4 aromatic rings. The molecule has 0 atom stereocenters. The van der Waals surface area contributed by atoms with E-state index < -0.39 is 5.91 Å². The number of nitrogens with two attached hydrogens (primary N) is 2. The van der Waals surface area contributed by atoms with Crippen LogP contribution in [-0.4, -0.2) is 22.2 Å². The van der Waals surface area contributed by atoms with Crippen molar-refractivity contribution < 1.29 is 18.7 Å². The van der Waals surface area contributed by atoms with Crippen molar-refractivity contribution in [2.24, 2.45) is 16.5 Å². The first-order chi connectivity index (χ1) is 16.8. The Morgan fingerprint density at radius 3 is 2.03 bits per heavy atom. The lowest BCUT2D eigenvalue weighted by molar-refractivity contribution is -0.118. The fraction of sp³-hybridized carbons (Fsp3) is 0.0741. The highest BCUT2D eigenvalue weighted by Gasteiger charge is 2.15. The molecule has 0 aliphatic rings. The molecule has 35 heavy (non-hydrogen) atoms. The van der Waals surface area contributed by atoms with Gasteiger partial charge in [-0.1, -0.05) is 12.1 Å². The molecule has 0 saturated heterocycles. The molecule has 0 radical (unpaired) electrons. The number of ether oxygens (including phenoxy) is 1. The van der Waals surface area contributed by atoms with E-state index in [4.69, 9.17) is 16.2 Å². The summed E-state index contributed by atoms with van der Waals surface area (Å²) in [5.74, 6) is -0.0559. The lowest BCUT2D eigenvalue weighted by Gasteiger charge is -2.13. The third-order valence-corrected chi connectivity index (χ3v) is 5.29. The molecule has 176 valence electrons. The predicted octanol–water partition coefficient (Wildman–Crippen LogP) is 4.76. The van der Waals surface area contributed by atoms with Gasteiger partial charge in [-0.3, -0.25) is 9.59 Å². The molecule has 8 heteroatoms. The van der Waals surface area contributed by atoms with Gasteiger partial charge < -0.3 is 20.8 Å². The Bertz CT molecular complexity index is 1400. The number of carbonyl (C=O) groups is 2. The van der Waals surface area contributed by atoms with Gasteiger partial charge in [0.1, 0.15) is 23.9 Å². The molecule has 4 rings (SSSR count). The van der Waals surface area contributed by atoms with Gasteiger partial charge in [-0.15, -0.1) is 0 Å². The Kier molecular flexibility index (Phi) is 6.73. The van der Waals surface area contributed by atoms with Crippen LogP contribution in [0.3, 0.4) is 0 Å². The molecule has 1 heterocycles. The third kappa shape index (κ3) is 5.62. The smallest absolute Gasteiger partial charge is 0.268 e. The zero-order chi connectivity index (χ0) is 24.9. The standard InChI is InChI=1S/C27H23FN4O3/c1-17(33)18-5-9-22(10-6-18)35-23-11-7-19(8-12-23)24-13-14-25(20-3-2-4-21(28)15-20)32(24)16-26(34)31-27(29)30/h2-15H,16H2,1H3,(H4,29,30,31,34). The lowest BCUT2D eigenvalue weighted by Crippen LogP contribution is -2.25. The van der Waals surface area contributed by atoms with E-state index in [1.165, 1.54) is 19.1 Å². The number of hydrogen-bond donors (Lipinski definition) is 2. The first-order valence-electron chi connectivity index (χ1n) is 10.8. The van der Waals surface area contributed by atoms with Crippen LogP contribution in [0.5, 0.6) is 11.5 Å². The normalized spacial score (nSPS) is 10.6. The molecule has 0 saturated carbocycles. The number of benzene rings is 3. The van der Waals surface area contributed by atoms with Crippen molar-refractivity contribution in [2.45, 2.75) is 13.5 Å². The highest BCUT2D eigenvalue weighted by molar-refractivity contribution is 5.94. The van der Waals surface area contributed by atoms with E-state index in [1.807, 2.05) is 24.3 Å². The average Bonchev–Trinajstić information content (AvgIpc) is 3.22. The Morgan fingerprint density at radius 2 is 1.46 bits per heavy atom. The molecule has 0 aliphatic carbocycles. The van der Waals surface area contributed by atoms with Crippen molar-refractivity contribution in [3.63, 3.8) is 0 Å². The van der Waals surface area contributed by atoms with Gasteiger partial charge in [0.05, 0.1) is 0 Å². The van der Waals surface area contributed by atoms with Crippen LogP contribution in [0.2, 0.25) is 0 Å². The summed E-state index contributed by atoms with van der Waals surface area (Å²) in [6.45, 7) is 1.38. The van der Waals surface area contributed by atoms with E-state index in [1.54, 1.807) is 53.1 Å². The minimum absolute atomic E-state index is 0.0140. The van der Waals surface area contributed by atoms with Crippen molar-refractivity contribution >= 4 is 17.6 Å². The maximum absolute atomic E-state index is 13.9. The molecule has 0 fully saturated rings. The summed E-state index contributed by atoms with van der Waals surface area (Å²) in [5, 5.41) is 0. The Hall–Kier alpha value is -4.72. The quantitative estimate of drug-likeness (QED) is 0.230. The van der Waals surface area contributed by atoms with Crippen molar-refractivity contribution in [1.82, 2.24) is 4.57 Å². The summed E-state index contributed by atoms with van der Waals surface area (Å²) in [7, 11) is 0. The lowest BCUT2D eigenvalue weighted by atomic mass is 10.1. The molecular weight excluding hydrogens is 447 g/mol. The summed E-state index contributed by atoms with van der Waals surface area (Å²) < 4.78 is 21.5. The maximum Gasteiger partial charge on any atom is 0.268 e. The van der Waals surface area contributed by atoms with Crippen molar-refractivity contribution in [3.05, 3.63) is 96.3 Å². The SMILES string of the molecule is CC(=O)c1ccc(Oc2ccc(-c3ccc(-c4cccc(F)c4)n3CC(=O)N=C(N)N)cc2)cc1. The number of carbonyl (C=O) groups excluding carboxylic acids is 2. The molecule has 0 bridgehead atoms. The van der Waals surface area contributed by atoms with Crippen LogP contribution in [-0.2, 0) is 11.3 Å². The second-order valence-corrected chi connectivity index (χ2v) is 7.84. The van der Waals surface area contributed by atoms with Gasteiger partial charge in [0.2, 0.25) is 0 Å². The Labute approximate surface area is 201 Å². The number of amides is 1. The molecule has 0 aliphatic heterocycles. The number of guanidine groups is 1. The first-order valence-corrected chi connectivity index (χ1v) is 10.8. The number of aromatic nitrogens is 1. The van der Waals surface area contributed by atoms with Gasteiger partial charge >= 0.3 is 0 Å². The second-order valence-electron chi connectivity index (χ2n) is 7.84. The second kappa shape index (κ2) is 10.0. The number of ketones is 1. The van der Waals surface area contributed by atoms with Crippen LogP contribution >= 0.6 is 0 Å². The number of hydrogen-bond acceptors (Lipinski definition) is 3. The van der Waals surface area contributed by atoms with Gasteiger partial charge in [0, 0.05) is 22.5 Å². The predicted molar refractivity (Wildman–Crippen MR) is 133 cm³/mol. The van der Waals surface area contributed by atoms with Crippen LogP contribution in [0.25, 0.3) is 22.5 Å². The monoisotopic (exact) mass is 470 g/mol. The minimum Gasteiger partial charge on any atom is -0.457 e. The maximum atomic E-state index is 13.9. The Morgan fingerprint density at radius 1 is 0.857 bits per heavy atom. The fourth-order valence-corrected chi connectivity index (χ4v) is 3.69. The van der Waals surface area contributed by atoms with E-state index in [0.717, 1.165) is 11.3 Å². The number of halogens is 1. The summed E-state index contributed by atoms with van der Waals surface area (Å²) in [5.41, 5.74) is 14.1. The van der Waals surface area contributed by atoms with E-state index in [0.29, 0.717) is 28.3 Å². The fourth-order valence-electron chi connectivity index (χ4n) is 3.69. The van der Waals surface area contributed by atoms with E-state index in [-0.39, 0.29) is 24.1 Å². The average molecular weight is 471 g/mol. The third-order valence-electron chi connectivity index (χ3n) is 5.29. The number of nitrogens with zero attached hydrogens (tertiary/aromatic N) is 2. The van der Waals surface area contributed by atoms with E-state index in [9.17, 15) is 14.0 Å². The van der Waals surface area contributed by atoms with Gasteiger partial charge in [0.15, 0.2) is 11.7 Å². The number of aliphatic imine (C=N–C) groups is 1. The van der Waals surface area contributed by atoms with Gasteiger partial charge in [0.25, 0.3) is 5.91 Å². The molecule has 3 aromatic carbocycles. The topological polar surface area (TPSA) is 113 Å². The van der Waals surface area contributed by atoms with Gasteiger partial charge in [-0.2, -0.15) is 4.99 Å². The Balaban J connectivity index is 1.64. The first kappa shape index (κ1) is 23.4. The molecule has 7 nitrogen and oxygen atoms in total. The van der Waals surface area contributed by atoms with Gasteiger partial charge in [-0.05, 0) is 85.3 Å². The van der Waals surface area contributed by atoms with Crippen LogP contribution in [0.15, 0.2) is 89.9 Å². The van der Waals surface area contributed by atoms with E-state index >= 15 is 0 Å². The molecule has 0 spiro atoms. The van der Waals surface area contributed by atoms with E-state index in [2.05, 4.69) is 4.99 Å². The highest BCUT2D eigenvalue weighted by Crippen LogP contribution is 2.31. The summed E-state index contributed by atoms with van der Waals surface area (Å²) in [4.78, 5) is 27.5. The van der Waals surface area contributed by atoms with Crippen LogP contribution in [0.1, 0.15) is 17.3 Å². The van der Waals surface area contributed by atoms with Crippen LogP contribution in [0, 0.1) is 5.82 Å². The highest BCUT2D eigenvalue weighted by atomic mass is 19.1. The summed E-state index contributed by atoms with van der Waals surface area (Å²) in [6, 6.07) is 24.0. The van der Waals surface area contributed by atoms with Gasteiger partial charge in [-0.25, -0.2) is 4.39 Å². The van der Waals surface area contributed by atoms with Crippen molar-refractivity contribution in [2.75, 3.05) is 0 Å². The molecule has 1 aromatic heterocycles. The summed E-state index contributed by atoms with van der Waals surface area (Å²) >= 11 is 0. The minimum atomic E-state index is -0.533. The molecule has 0 unspecified atom stereocenters. The molecular formula is C27H23FN4O3. The molecule has 4 N–H and O–H groups in total. The van der Waals surface area contributed by atoms with Crippen molar-refractivity contribution in [1.29, 1.82) is 0 Å². The molecule has 1 amide bonds. The number of Topliss-reactive ketones (excluding diaryl/α,β-unsaturated/α-hetero) is 1. The summed E-state index contributed by atoms with van der Waals surface area (Å²) in [6.07, 6.45) is 0. The van der Waals surface area contributed by atoms with Crippen LogP contribution < -0.4 is 16.2 Å². The zero-order valence-electron chi connectivity index (χ0n) is 18.9. The van der Waals surface area contributed by atoms with Crippen LogP contribution in [0.4, 0.5) is 4.39 Å². The largest absolute Gasteiger partial charge is 0.457 e. The van der Waals surface area contributed by atoms with Crippen molar-refractivity contribution in [3.8, 4) is 34.0 Å². The number of rotatable bonds is 7. The zero-order valence-corrected chi connectivity index (χ0v) is 18.9.